The quantitative estimate of drug-likeness (QED) is 0.923. The second-order valence-corrected chi connectivity index (χ2v) is 4.57. The summed E-state index contributed by atoms with van der Waals surface area (Å²) >= 11 is 3.42. The molecule has 0 saturated carbocycles. The third kappa shape index (κ3) is 3.11. The lowest BCUT2D eigenvalue weighted by Crippen LogP contribution is -2.07. The Morgan fingerprint density at radius 2 is 1.83 bits per heavy atom. The molecule has 0 aliphatic heterocycles. The van der Waals surface area contributed by atoms with Gasteiger partial charge in [0.1, 0.15) is 5.75 Å². The maximum absolute atomic E-state index is 11.1. The number of amides is 1. The lowest BCUT2D eigenvalue weighted by molar-refractivity contribution is -0.114. The molecule has 0 aliphatic rings. The molecule has 2 aromatic rings. The lowest BCUT2D eigenvalue weighted by Gasteiger charge is -2.13. The molecule has 92 valence electrons. The van der Waals surface area contributed by atoms with Gasteiger partial charge < -0.3 is 10.1 Å². The lowest BCUT2D eigenvalue weighted by atomic mass is 10.3. The Kier molecular flexibility index (Phi) is 3.99. The van der Waals surface area contributed by atoms with E-state index in [1.807, 2.05) is 42.5 Å². The van der Waals surface area contributed by atoms with Gasteiger partial charge >= 0.3 is 0 Å². The summed E-state index contributed by atoms with van der Waals surface area (Å²) in [5.41, 5.74) is 0.640. The Hall–Kier alpha value is -1.81. The van der Waals surface area contributed by atoms with E-state index in [-0.39, 0.29) is 5.91 Å². The first-order valence-corrected chi connectivity index (χ1v) is 6.25. The highest BCUT2D eigenvalue weighted by Crippen LogP contribution is 2.36. The summed E-state index contributed by atoms with van der Waals surface area (Å²) in [5.74, 6) is 1.18. The van der Waals surface area contributed by atoms with Crippen LogP contribution in [0, 0.1) is 0 Å². The second-order valence-electron chi connectivity index (χ2n) is 3.71. The fraction of sp³-hybridized carbons (Fsp3) is 0.0714. The van der Waals surface area contributed by atoms with Gasteiger partial charge in [0, 0.05) is 6.92 Å². The highest BCUT2D eigenvalue weighted by molar-refractivity contribution is 9.10. The van der Waals surface area contributed by atoms with E-state index in [2.05, 4.69) is 21.2 Å². The minimum atomic E-state index is -0.133. The van der Waals surface area contributed by atoms with Crippen molar-refractivity contribution in [3.05, 3.63) is 53.0 Å². The number of para-hydroxylation sites is 2. The van der Waals surface area contributed by atoms with Gasteiger partial charge in [0.15, 0.2) is 5.75 Å². The molecule has 0 bridgehead atoms. The van der Waals surface area contributed by atoms with Crippen LogP contribution in [0.1, 0.15) is 6.92 Å². The molecule has 0 radical (unpaired) electrons. The summed E-state index contributed by atoms with van der Waals surface area (Å²) in [4.78, 5) is 11.1. The Labute approximate surface area is 114 Å². The van der Waals surface area contributed by atoms with Crippen molar-refractivity contribution >= 4 is 27.5 Å². The van der Waals surface area contributed by atoms with E-state index in [0.29, 0.717) is 11.4 Å². The molecule has 18 heavy (non-hydrogen) atoms. The van der Waals surface area contributed by atoms with Crippen LogP contribution in [0.5, 0.6) is 11.5 Å². The minimum absolute atomic E-state index is 0.133. The average molecular weight is 306 g/mol. The van der Waals surface area contributed by atoms with Gasteiger partial charge in [-0.25, -0.2) is 0 Å². The molecule has 0 aliphatic carbocycles. The molecule has 0 heterocycles. The summed E-state index contributed by atoms with van der Waals surface area (Å²) in [6.45, 7) is 1.47. The monoisotopic (exact) mass is 305 g/mol. The molecule has 0 atom stereocenters. The predicted molar refractivity (Wildman–Crippen MR) is 75.0 cm³/mol. The Morgan fingerprint density at radius 1 is 1.11 bits per heavy atom. The highest BCUT2D eigenvalue weighted by atomic mass is 79.9. The van der Waals surface area contributed by atoms with Crippen LogP contribution in [0.4, 0.5) is 5.69 Å². The maximum atomic E-state index is 11.1. The maximum Gasteiger partial charge on any atom is 0.221 e. The van der Waals surface area contributed by atoms with Gasteiger partial charge in [0.05, 0.1) is 10.2 Å². The number of carbonyl (C=O) groups excluding carboxylic acids is 1. The average Bonchev–Trinajstić information content (AvgIpc) is 2.34. The molecule has 4 heteroatoms. The molecule has 0 aromatic heterocycles. The number of benzene rings is 2. The van der Waals surface area contributed by atoms with Crippen LogP contribution in [-0.2, 0) is 4.79 Å². The molecule has 1 N–H and O–H groups in total. The second kappa shape index (κ2) is 5.69. The molecule has 3 nitrogen and oxygen atoms in total. The van der Waals surface area contributed by atoms with Crippen molar-refractivity contribution in [2.45, 2.75) is 6.92 Å². The number of nitrogens with one attached hydrogen (secondary N) is 1. The first-order valence-electron chi connectivity index (χ1n) is 5.46. The zero-order chi connectivity index (χ0) is 13.0. The van der Waals surface area contributed by atoms with E-state index in [1.165, 1.54) is 6.92 Å². The van der Waals surface area contributed by atoms with Crippen LogP contribution in [0.25, 0.3) is 0 Å². The van der Waals surface area contributed by atoms with Crippen molar-refractivity contribution in [2.24, 2.45) is 0 Å². The van der Waals surface area contributed by atoms with Gasteiger partial charge in [0.25, 0.3) is 0 Å². The smallest absolute Gasteiger partial charge is 0.221 e. The fourth-order valence-corrected chi connectivity index (χ4v) is 1.95. The minimum Gasteiger partial charge on any atom is -0.454 e. The molecule has 0 fully saturated rings. The van der Waals surface area contributed by atoms with Crippen LogP contribution in [0.3, 0.4) is 0 Å². The number of rotatable bonds is 3. The van der Waals surface area contributed by atoms with E-state index < -0.39 is 0 Å². The molecule has 2 rings (SSSR count). The Bertz CT molecular complexity index is 555. The Balaban J connectivity index is 2.34. The zero-order valence-corrected chi connectivity index (χ0v) is 11.4. The molecular weight excluding hydrogens is 294 g/mol. The Morgan fingerprint density at radius 3 is 2.50 bits per heavy atom. The predicted octanol–water partition coefficient (Wildman–Crippen LogP) is 4.20. The van der Waals surface area contributed by atoms with E-state index in [0.717, 1.165) is 10.2 Å². The molecular formula is C14H12BrNO2. The van der Waals surface area contributed by atoms with Crippen LogP contribution in [0.15, 0.2) is 53.0 Å². The van der Waals surface area contributed by atoms with Crippen LogP contribution >= 0.6 is 15.9 Å². The van der Waals surface area contributed by atoms with Crippen molar-refractivity contribution in [2.75, 3.05) is 5.32 Å². The van der Waals surface area contributed by atoms with Crippen molar-refractivity contribution < 1.29 is 9.53 Å². The molecule has 0 saturated heterocycles. The van der Waals surface area contributed by atoms with Gasteiger partial charge in [-0.1, -0.05) is 24.3 Å². The van der Waals surface area contributed by atoms with Crippen molar-refractivity contribution in [3.63, 3.8) is 0 Å². The molecule has 2 aromatic carbocycles. The van der Waals surface area contributed by atoms with Gasteiger partial charge in [0.2, 0.25) is 5.91 Å². The standard InChI is InChI=1S/C14H12BrNO2/c1-10(17)16-13-9-5-8-12(15)14(13)18-11-6-3-2-4-7-11/h2-9H,1H3,(H,16,17). The first kappa shape index (κ1) is 12.6. The molecule has 0 spiro atoms. The summed E-state index contributed by atoms with van der Waals surface area (Å²) in [6, 6.07) is 14.9. The van der Waals surface area contributed by atoms with Crippen molar-refractivity contribution in [1.29, 1.82) is 0 Å². The largest absolute Gasteiger partial charge is 0.454 e. The highest BCUT2D eigenvalue weighted by Gasteiger charge is 2.10. The number of anilines is 1. The van der Waals surface area contributed by atoms with Crippen molar-refractivity contribution in [3.8, 4) is 11.5 Å². The van der Waals surface area contributed by atoms with Crippen LogP contribution in [-0.4, -0.2) is 5.91 Å². The van der Waals surface area contributed by atoms with E-state index in [1.54, 1.807) is 6.07 Å². The third-order valence-electron chi connectivity index (χ3n) is 2.24. The fourth-order valence-electron chi connectivity index (χ4n) is 1.51. The number of hydrogen-bond acceptors (Lipinski definition) is 2. The third-order valence-corrected chi connectivity index (χ3v) is 2.87. The van der Waals surface area contributed by atoms with Crippen molar-refractivity contribution in [1.82, 2.24) is 0 Å². The van der Waals surface area contributed by atoms with Gasteiger partial charge in [-0.3, -0.25) is 4.79 Å². The summed E-state index contributed by atoms with van der Waals surface area (Å²) < 4.78 is 6.57. The van der Waals surface area contributed by atoms with Gasteiger partial charge in [-0.15, -0.1) is 0 Å². The normalized spacial score (nSPS) is 9.89. The number of halogens is 1. The van der Waals surface area contributed by atoms with Crippen LogP contribution in [0.2, 0.25) is 0 Å². The molecule has 1 amide bonds. The number of hydrogen-bond donors (Lipinski definition) is 1. The summed E-state index contributed by atoms with van der Waals surface area (Å²) in [7, 11) is 0. The number of carbonyl (C=O) groups is 1. The van der Waals surface area contributed by atoms with Gasteiger partial charge in [-0.05, 0) is 40.2 Å². The van der Waals surface area contributed by atoms with Gasteiger partial charge in [-0.2, -0.15) is 0 Å². The summed E-state index contributed by atoms with van der Waals surface area (Å²) in [5, 5.41) is 2.74. The van der Waals surface area contributed by atoms with E-state index >= 15 is 0 Å². The topological polar surface area (TPSA) is 38.3 Å². The first-order chi connectivity index (χ1) is 8.66. The van der Waals surface area contributed by atoms with E-state index in [9.17, 15) is 4.79 Å². The molecule has 0 unspecified atom stereocenters. The SMILES string of the molecule is CC(=O)Nc1cccc(Br)c1Oc1ccccc1. The van der Waals surface area contributed by atoms with Crippen LogP contribution < -0.4 is 10.1 Å². The summed E-state index contributed by atoms with van der Waals surface area (Å²) in [6.07, 6.45) is 0. The van der Waals surface area contributed by atoms with E-state index in [4.69, 9.17) is 4.74 Å². The zero-order valence-electron chi connectivity index (χ0n) is 9.81. The number of ether oxygens (including phenoxy) is 1.